The molecule has 1 atom stereocenters. The van der Waals surface area contributed by atoms with Crippen LogP contribution in [0, 0.1) is 0 Å². The summed E-state index contributed by atoms with van der Waals surface area (Å²) in [6, 6.07) is 5.38. The van der Waals surface area contributed by atoms with E-state index in [-0.39, 0.29) is 11.3 Å². The third kappa shape index (κ3) is 2.81. The van der Waals surface area contributed by atoms with Gasteiger partial charge in [-0.25, -0.2) is 4.79 Å². The van der Waals surface area contributed by atoms with Gasteiger partial charge in [-0.05, 0) is 17.7 Å². The van der Waals surface area contributed by atoms with Crippen molar-refractivity contribution >= 4 is 18.3 Å². The Hall–Kier alpha value is -2.37. The number of amides is 1. The average molecular weight is 222 g/mol. The van der Waals surface area contributed by atoms with Crippen molar-refractivity contribution in [1.82, 2.24) is 0 Å². The van der Waals surface area contributed by atoms with Gasteiger partial charge in [-0.1, -0.05) is 12.1 Å². The number of carbonyl (C=O) groups excluding carboxylic acids is 2. The van der Waals surface area contributed by atoms with Gasteiger partial charge in [0.1, 0.15) is 11.7 Å². The molecule has 1 aromatic carbocycles. The number of carbonyl (C=O) groups is 2. The maximum absolute atomic E-state index is 10.6. The van der Waals surface area contributed by atoms with E-state index in [1.807, 2.05) is 0 Å². The molecule has 0 spiro atoms. The van der Waals surface area contributed by atoms with Crippen molar-refractivity contribution in [2.75, 3.05) is 0 Å². The molecule has 1 rings (SSSR count). The van der Waals surface area contributed by atoms with Crippen LogP contribution in [0.5, 0.6) is 5.75 Å². The summed E-state index contributed by atoms with van der Waals surface area (Å²) in [7, 11) is 0. The number of benzene rings is 1. The molecular weight excluding hydrogens is 214 g/mol. The summed E-state index contributed by atoms with van der Waals surface area (Å²) in [4.78, 5) is 31.4. The number of carboxylic acid groups (broad SMARTS) is 1. The summed E-state index contributed by atoms with van der Waals surface area (Å²) in [6.45, 7) is 0. The molecule has 0 aliphatic carbocycles. The highest BCUT2D eigenvalue weighted by Gasteiger charge is 2.19. The second-order valence-electron chi connectivity index (χ2n) is 2.88. The lowest BCUT2D eigenvalue weighted by Crippen LogP contribution is -2.16. The minimum absolute atomic E-state index is 0.172. The highest BCUT2D eigenvalue weighted by atomic mass is 16.5. The lowest BCUT2D eigenvalue weighted by Gasteiger charge is -2.05. The summed E-state index contributed by atoms with van der Waals surface area (Å²) in [5, 5.41) is 8.67. The van der Waals surface area contributed by atoms with Gasteiger partial charge in [-0.15, -0.1) is 0 Å². The zero-order valence-electron chi connectivity index (χ0n) is 8.04. The van der Waals surface area contributed by atoms with E-state index in [1.54, 1.807) is 0 Å². The first-order valence-electron chi connectivity index (χ1n) is 4.22. The predicted molar refractivity (Wildman–Crippen MR) is 52.7 cm³/mol. The molecule has 6 nitrogen and oxygen atoms in total. The number of carboxylic acids is 1. The highest BCUT2D eigenvalue weighted by Crippen LogP contribution is 2.18. The molecule has 0 aliphatic rings. The van der Waals surface area contributed by atoms with Gasteiger partial charge in [0.15, 0.2) is 0 Å². The molecule has 6 heteroatoms. The van der Waals surface area contributed by atoms with Crippen molar-refractivity contribution in [3.63, 3.8) is 0 Å². The van der Waals surface area contributed by atoms with Crippen LogP contribution in [0.25, 0.3) is 0 Å². The monoisotopic (exact) mass is 222 g/mol. The number of hydrogen-bond acceptors (Lipinski definition) is 4. The smallest absolute Gasteiger partial charge is 0.409 e. The molecule has 1 radical (unpaired) electrons. The van der Waals surface area contributed by atoms with Gasteiger partial charge in [-0.2, -0.15) is 0 Å². The van der Waals surface area contributed by atoms with Crippen LogP contribution in [-0.4, -0.2) is 23.5 Å². The summed E-state index contributed by atoms with van der Waals surface area (Å²) >= 11 is 0. The fraction of sp³-hybridized carbons (Fsp3) is 0.100. The quantitative estimate of drug-likeness (QED) is 0.718. The summed E-state index contributed by atoms with van der Waals surface area (Å²) < 4.78 is 4.54. The van der Waals surface area contributed by atoms with Crippen molar-refractivity contribution in [3.05, 3.63) is 29.8 Å². The van der Waals surface area contributed by atoms with Crippen molar-refractivity contribution in [2.24, 2.45) is 5.73 Å². The lowest BCUT2D eigenvalue weighted by molar-refractivity contribution is -0.137. The molecule has 0 fully saturated rings. The first kappa shape index (κ1) is 11.7. The standard InChI is InChI=1S/C10H8NO5/c11-10(15)16-7-3-1-6(2-4-7)8(5-12)9(13)14/h1-4,8H,(H2,11,15)(H,13,14). The third-order valence-electron chi connectivity index (χ3n) is 1.80. The summed E-state index contributed by atoms with van der Waals surface area (Å²) in [5.74, 6) is -2.47. The van der Waals surface area contributed by atoms with E-state index in [2.05, 4.69) is 4.74 Å². The first-order chi connectivity index (χ1) is 7.54. The van der Waals surface area contributed by atoms with Gasteiger partial charge < -0.3 is 15.6 Å². The van der Waals surface area contributed by atoms with Crippen molar-refractivity contribution in [1.29, 1.82) is 0 Å². The SMILES string of the molecule is NC(=O)Oc1ccc(C([C]=O)C(=O)O)cc1. The van der Waals surface area contributed by atoms with Crippen LogP contribution in [0.1, 0.15) is 11.5 Å². The van der Waals surface area contributed by atoms with Gasteiger partial charge in [0, 0.05) is 0 Å². The number of ether oxygens (including phenoxy) is 1. The first-order valence-corrected chi connectivity index (χ1v) is 4.22. The van der Waals surface area contributed by atoms with E-state index in [0.717, 1.165) is 0 Å². The molecule has 0 saturated carbocycles. The maximum Gasteiger partial charge on any atom is 0.409 e. The molecule has 3 N–H and O–H groups in total. The molecule has 16 heavy (non-hydrogen) atoms. The lowest BCUT2D eigenvalue weighted by atomic mass is 10.0. The summed E-state index contributed by atoms with van der Waals surface area (Å²) in [5.41, 5.74) is 5.03. The van der Waals surface area contributed by atoms with Crippen LogP contribution >= 0.6 is 0 Å². The fourth-order valence-electron chi connectivity index (χ4n) is 1.11. The number of rotatable bonds is 4. The molecule has 0 saturated heterocycles. The Kier molecular flexibility index (Phi) is 3.60. The average Bonchev–Trinajstić information content (AvgIpc) is 2.20. The molecule has 0 aliphatic heterocycles. The minimum Gasteiger partial charge on any atom is -0.480 e. The normalized spacial score (nSPS) is 11.5. The highest BCUT2D eigenvalue weighted by molar-refractivity contribution is 5.93. The summed E-state index contributed by atoms with van der Waals surface area (Å²) in [6.07, 6.45) is 0.428. The Morgan fingerprint density at radius 2 is 1.88 bits per heavy atom. The van der Waals surface area contributed by atoms with E-state index in [4.69, 9.17) is 10.8 Å². The Morgan fingerprint density at radius 1 is 1.31 bits per heavy atom. The molecule has 0 heterocycles. The number of nitrogens with two attached hydrogens (primary N) is 1. The predicted octanol–water partition coefficient (Wildman–Crippen LogP) is 0.422. The molecule has 83 valence electrons. The minimum atomic E-state index is -1.34. The molecule has 1 aromatic rings. The van der Waals surface area contributed by atoms with Crippen molar-refractivity contribution in [3.8, 4) is 5.75 Å². The van der Waals surface area contributed by atoms with Crippen LogP contribution in [0.3, 0.4) is 0 Å². The molecule has 1 unspecified atom stereocenters. The van der Waals surface area contributed by atoms with E-state index in [0.29, 0.717) is 0 Å². The molecular formula is C10H8NO5. The van der Waals surface area contributed by atoms with E-state index >= 15 is 0 Å². The molecule has 0 bridgehead atoms. The van der Waals surface area contributed by atoms with Gasteiger partial charge in [0.05, 0.1) is 0 Å². The van der Waals surface area contributed by atoms with Gasteiger partial charge >= 0.3 is 12.1 Å². The Bertz CT molecular complexity index is 412. The molecule has 0 aromatic heterocycles. The van der Waals surface area contributed by atoms with Crippen LogP contribution < -0.4 is 10.5 Å². The van der Waals surface area contributed by atoms with E-state index in [1.165, 1.54) is 30.6 Å². The van der Waals surface area contributed by atoms with E-state index in [9.17, 15) is 14.4 Å². The van der Waals surface area contributed by atoms with Crippen LogP contribution in [0.4, 0.5) is 4.79 Å². The second kappa shape index (κ2) is 4.92. The van der Waals surface area contributed by atoms with Gasteiger partial charge in [0.25, 0.3) is 0 Å². The second-order valence-corrected chi connectivity index (χ2v) is 2.88. The largest absolute Gasteiger partial charge is 0.480 e. The Labute approximate surface area is 90.6 Å². The zero-order valence-corrected chi connectivity index (χ0v) is 8.04. The van der Waals surface area contributed by atoms with Gasteiger partial charge in [-0.3, -0.25) is 9.59 Å². The van der Waals surface area contributed by atoms with Crippen molar-refractivity contribution < 1.29 is 24.2 Å². The topological polar surface area (TPSA) is 107 Å². The fourth-order valence-corrected chi connectivity index (χ4v) is 1.11. The van der Waals surface area contributed by atoms with Gasteiger partial charge in [0.2, 0.25) is 6.29 Å². The maximum atomic E-state index is 10.6. The zero-order chi connectivity index (χ0) is 12.1. The number of primary amides is 1. The molecule has 1 amide bonds. The van der Waals surface area contributed by atoms with E-state index < -0.39 is 18.0 Å². The van der Waals surface area contributed by atoms with Crippen LogP contribution in [-0.2, 0) is 9.59 Å². The Morgan fingerprint density at radius 3 is 2.25 bits per heavy atom. The van der Waals surface area contributed by atoms with Crippen molar-refractivity contribution in [2.45, 2.75) is 5.92 Å². The third-order valence-corrected chi connectivity index (χ3v) is 1.80. The number of aliphatic carboxylic acids is 1. The van der Waals surface area contributed by atoms with Crippen LogP contribution in [0.15, 0.2) is 24.3 Å². The Balaban J connectivity index is 2.89. The van der Waals surface area contributed by atoms with Crippen LogP contribution in [0.2, 0.25) is 0 Å². The number of hydrogen-bond donors (Lipinski definition) is 2.